The van der Waals surface area contributed by atoms with Crippen molar-refractivity contribution < 1.29 is 14.3 Å². The van der Waals surface area contributed by atoms with Crippen molar-refractivity contribution in [1.29, 1.82) is 0 Å². The number of aryl methyl sites for hydroxylation is 1. The van der Waals surface area contributed by atoms with Crippen LogP contribution in [0.1, 0.15) is 27.0 Å². The van der Waals surface area contributed by atoms with Crippen LogP contribution in [-0.4, -0.2) is 55.1 Å². The second-order valence-corrected chi connectivity index (χ2v) is 8.65. The molecule has 4 rings (SSSR count). The van der Waals surface area contributed by atoms with Gasteiger partial charge in [0.05, 0.1) is 19.2 Å². The molecule has 1 aliphatic heterocycles. The lowest BCUT2D eigenvalue weighted by Gasteiger charge is -2.37. The summed E-state index contributed by atoms with van der Waals surface area (Å²) in [5.74, 6) is -0.369. The number of nitrogens with zero attached hydrogens (tertiary/aromatic N) is 3. The van der Waals surface area contributed by atoms with Crippen molar-refractivity contribution >= 4 is 17.7 Å². The molecule has 0 aromatic heterocycles. The summed E-state index contributed by atoms with van der Waals surface area (Å²) in [6, 6.07) is 25.7. The molecule has 1 aliphatic rings. The van der Waals surface area contributed by atoms with Crippen LogP contribution in [0.3, 0.4) is 0 Å². The van der Waals surface area contributed by atoms with Gasteiger partial charge in [0.25, 0.3) is 0 Å². The van der Waals surface area contributed by atoms with Gasteiger partial charge in [-0.3, -0.25) is 9.80 Å². The van der Waals surface area contributed by atoms with Gasteiger partial charge in [-0.1, -0.05) is 54.6 Å². The average molecular weight is 458 g/mol. The zero-order chi connectivity index (χ0) is 23.9. The van der Waals surface area contributed by atoms with Crippen LogP contribution in [0.25, 0.3) is 0 Å². The number of hydrogen-bond donors (Lipinski definition) is 0. The Hall–Kier alpha value is -3.64. The highest BCUT2D eigenvalue weighted by atomic mass is 16.5. The van der Waals surface area contributed by atoms with E-state index >= 15 is 0 Å². The van der Waals surface area contributed by atoms with Crippen LogP contribution in [0, 0.1) is 6.92 Å². The first-order valence-electron chi connectivity index (χ1n) is 11.6. The lowest BCUT2D eigenvalue weighted by molar-refractivity contribution is 0.0600. The van der Waals surface area contributed by atoms with E-state index in [9.17, 15) is 9.59 Å². The molecule has 34 heavy (non-hydrogen) atoms. The van der Waals surface area contributed by atoms with Crippen molar-refractivity contribution in [2.75, 3.05) is 38.2 Å². The summed E-state index contributed by atoms with van der Waals surface area (Å²) in [6.07, 6.45) is 0. The van der Waals surface area contributed by atoms with Crippen LogP contribution >= 0.6 is 0 Å². The summed E-state index contributed by atoms with van der Waals surface area (Å²) in [7, 11) is 1.37. The molecule has 6 heteroatoms. The number of urea groups is 1. The van der Waals surface area contributed by atoms with Gasteiger partial charge in [0, 0.05) is 38.4 Å². The molecule has 0 aliphatic carbocycles. The van der Waals surface area contributed by atoms with Gasteiger partial charge >= 0.3 is 12.0 Å². The Morgan fingerprint density at radius 2 is 1.56 bits per heavy atom. The summed E-state index contributed by atoms with van der Waals surface area (Å²) in [5, 5.41) is 0. The summed E-state index contributed by atoms with van der Waals surface area (Å²) in [6.45, 7) is 6.42. The molecule has 0 bridgehead atoms. The number of carbonyl (C=O) groups excluding carboxylic acids is 2. The summed E-state index contributed by atoms with van der Waals surface area (Å²) in [5.41, 5.74) is 4.70. The van der Waals surface area contributed by atoms with Gasteiger partial charge in [-0.15, -0.1) is 0 Å². The fourth-order valence-electron chi connectivity index (χ4n) is 4.22. The Morgan fingerprint density at radius 1 is 0.853 bits per heavy atom. The molecule has 0 atom stereocenters. The minimum Gasteiger partial charge on any atom is -0.465 e. The summed E-state index contributed by atoms with van der Waals surface area (Å²) < 4.78 is 4.79. The zero-order valence-corrected chi connectivity index (χ0v) is 19.8. The SMILES string of the molecule is COC(=O)c1ccc(CN(C(=O)N2CCN(Cc3ccccc3)CC2)c2cccc(C)c2)cc1. The van der Waals surface area contributed by atoms with Gasteiger partial charge in [-0.25, -0.2) is 9.59 Å². The smallest absolute Gasteiger partial charge is 0.337 e. The number of anilines is 1. The quantitative estimate of drug-likeness (QED) is 0.503. The fourth-order valence-corrected chi connectivity index (χ4v) is 4.22. The van der Waals surface area contributed by atoms with E-state index in [0.29, 0.717) is 25.2 Å². The number of hydrogen-bond acceptors (Lipinski definition) is 4. The average Bonchev–Trinajstić information content (AvgIpc) is 2.88. The van der Waals surface area contributed by atoms with Crippen LogP contribution in [-0.2, 0) is 17.8 Å². The van der Waals surface area contributed by atoms with Crippen molar-refractivity contribution in [2.24, 2.45) is 0 Å². The van der Waals surface area contributed by atoms with E-state index in [0.717, 1.165) is 36.4 Å². The summed E-state index contributed by atoms with van der Waals surface area (Å²) >= 11 is 0. The molecule has 3 aromatic carbocycles. The Kier molecular flexibility index (Phi) is 7.60. The predicted molar refractivity (Wildman–Crippen MR) is 134 cm³/mol. The molecule has 6 nitrogen and oxygen atoms in total. The third-order valence-electron chi connectivity index (χ3n) is 6.15. The van der Waals surface area contributed by atoms with Crippen LogP contribution in [0.5, 0.6) is 0 Å². The highest BCUT2D eigenvalue weighted by molar-refractivity contribution is 5.92. The van der Waals surface area contributed by atoms with Gasteiger partial charge in [0.2, 0.25) is 0 Å². The first-order chi connectivity index (χ1) is 16.5. The second-order valence-electron chi connectivity index (χ2n) is 8.65. The summed E-state index contributed by atoms with van der Waals surface area (Å²) in [4.78, 5) is 31.6. The Bertz CT molecular complexity index is 1110. The number of amides is 2. The number of esters is 1. The molecule has 0 spiro atoms. The van der Waals surface area contributed by atoms with Crippen LogP contribution in [0.15, 0.2) is 78.9 Å². The van der Waals surface area contributed by atoms with Gasteiger partial charge in [-0.2, -0.15) is 0 Å². The van der Waals surface area contributed by atoms with E-state index in [1.807, 2.05) is 59.2 Å². The monoisotopic (exact) mass is 457 g/mol. The molecule has 0 N–H and O–H groups in total. The Morgan fingerprint density at radius 3 is 2.21 bits per heavy atom. The molecule has 1 fully saturated rings. The largest absolute Gasteiger partial charge is 0.465 e. The maximum atomic E-state index is 13.7. The molecular weight excluding hydrogens is 426 g/mol. The van der Waals surface area contributed by atoms with Crippen LogP contribution in [0.2, 0.25) is 0 Å². The number of ether oxygens (including phenoxy) is 1. The van der Waals surface area contributed by atoms with E-state index in [-0.39, 0.29) is 12.0 Å². The number of rotatable bonds is 6. The van der Waals surface area contributed by atoms with Gasteiger partial charge < -0.3 is 9.64 Å². The van der Waals surface area contributed by atoms with Crippen molar-refractivity contribution in [2.45, 2.75) is 20.0 Å². The highest BCUT2D eigenvalue weighted by Gasteiger charge is 2.26. The lowest BCUT2D eigenvalue weighted by atomic mass is 10.1. The normalized spacial score (nSPS) is 14.0. The van der Waals surface area contributed by atoms with Gasteiger partial charge in [0.15, 0.2) is 0 Å². The minimum absolute atomic E-state index is 0.00186. The molecule has 2 amide bonds. The molecule has 0 radical (unpaired) electrons. The molecule has 1 saturated heterocycles. The first-order valence-corrected chi connectivity index (χ1v) is 11.6. The van der Waals surface area contributed by atoms with Crippen molar-refractivity contribution in [3.8, 4) is 0 Å². The number of carbonyl (C=O) groups is 2. The Balaban J connectivity index is 1.47. The molecule has 176 valence electrons. The number of methoxy groups -OCH3 is 1. The second kappa shape index (κ2) is 11.0. The van der Waals surface area contributed by atoms with Crippen LogP contribution < -0.4 is 4.90 Å². The van der Waals surface area contributed by atoms with E-state index in [1.54, 1.807) is 12.1 Å². The van der Waals surface area contributed by atoms with Crippen molar-refractivity contribution in [3.05, 3.63) is 101 Å². The van der Waals surface area contributed by atoms with Crippen LogP contribution in [0.4, 0.5) is 10.5 Å². The van der Waals surface area contributed by atoms with Crippen molar-refractivity contribution in [1.82, 2.24) is 9.80 Å². The topological polar surface area (TPSA) is 53.1 Å². The number of benzene rings is 3. The molecule has 3 aromatic rings. The van der Waals surface area contributed by atoms with E-state index in [1.165, 1.54) is 12.7 Å². The lowest BCUT2D eigenvalue weighted by Crippen LogP contribution is -2.52. The standard InChI is InChI=1S/C28H31N3O3/c1-22-7-6-10-26(19-22)31(21-24-11-13-25(14-12-24)27(32)34-2)28(33)30-17-15-29(16-18-30)20-23-8-4-3-5-9-23/h3-14,19H,15-18,20-21H2,1-2H3. The molecule has 0 unspecified atom stereocenters. The fraction of sp³-hybridized carbons (Fsp3) is 0.286. The van der Waals surface area contributed by atoms with Gasteiger partial charge in [0.1, 0.15) is 0 Å². The van der Waals surface area contributed by atoms with Gasteiger partial charge in [-0.05, 0) is 47.9 Å². The third-order valence-corrected chi connectivity index (χ3v) is 6.15. The zero-order valence-electron chi connectivity index (χ0n) is 19.8. The number of piperazine rings is 1. The minimum atomic E-state index is -0.369. The first kappa shape index (κ1) is 23.5. The third kappa shape index (κ3) is 5.83. The maximum absolute atomic E-state index is 13.7. The van der Waals surface area contributed by atoms with Crippen molar-refractivity contribution in [3.63, 3.8) is 0 Å². The Labute approximate surface area is 201 Å². The highest BCUT2D eigenvalue weighted by Crippen LogP contribution is 2.22. The molecular formula is C28H31N3O3. The maximum Gasteiger partial charge on any atom is 0.337 e. The van der Waals surface area contributed by atoms with E-state index in [4.69, 9.17) is 4.74 Å². The molecule has 0 saturated carbocycles. The van der Waals surface area contributed by atoms with E-state index < -0.39 is 0 Å². The van der Waals surface area contributed by atoms with E-state index in [2.05, 4.69) is 29.2 Å². The predicted octanol–water partition coefficient (Wildman–Crippen LogP) is 4.73. The molecule has 1 heterocycles.